The number of para-hydroxylation sites is 1. The van der Waals surface area contributed by atoms with E-state index >= 15 is 9.59 Å². The van der Waals surface area contributed by atoms with Gasteiger partial charge in [0.05, 0.1) is 13.2 Å². The van der Waals surface area contributed by atoms with Crippen LogP contribution in [0.2, 0.25) is 0 Å². The van der Waals surface area contributed by atoms with Gasteiger partial charge < -0.3 is 98.0 Å². The van der Waals surface area contributed by atoms with E-state index in [-0.39, 0.29) is 106 Å². The molecule has 1 fully saturated rings. The van der Waals surface area contributed by atoms with Gasteiger partial charge in [-0.15, -0.1) is 0 Å². The summed E-state index contributed by atoms with van der Waals surface area (Å²) in [5, 5.41) is 62.8. The third-order valence-electron chi connectivity index (χ3n) is 18.3. The second kappa shape index (κ2) is 43.4. The number of rotatable bonds is 18. The fourth-order valence-corrected chi connectivity index (χ4v) is 14.5. The summed E-state index contributed by atoms with van der Waals surface area (Å²) >= 11 is 2.39. The number of carbonyl (C=O) groups excluding carboxylic acids is 13. The molecule has 3 aliphatic rings. The number of H-pyrrole nitrogens is 1. The lowest BCUT2D eigenvalue weighted by molar-refractivity contribution is -0.459. The molecule has 11 amide bonds. The van der Waals surface area contributed by atoms with Crippen LogP contribution in [0.5, 0.6) is 11.5 Å². The number of carbonyl (C=O) groups is 13. The monoisotopic (exact) mass is 1550 g/mol. The number of carboxylic acid groups (broad SMARTS) is 2. The van der Waals surface area contributed by atoms with Gasteiger partial charge in [-0.1, -0.05) is 75.2 Å². The minimum absolute atomic E-state index is 0.00286. The molecular weight excluding hydrogens is 1450 g/mol. The number of ether oxygens (including phenoxy) is 1. The third kappa shape index (κ3) is 27.8. The highest BCUT2D eigenvalue weighted by Gasteiger charge is 2.41. The maximum atomic E-state index is 15.3. The topological polar surface area (TPSA) is 538 Å². The molecule has 0 radical (unpaired) electrons. The summed E-state index contributed by atoms with van der Waals surface area (Å²) in [6.07, 6.45) is 3.33. The predicted octanol–water partition coefficient (Wildman–Crippen LogP) is -3.72. The molecule has 3 aliphatic heterocycles. The van der Waals surface area contributed by atoms with Gasteiger partial charge in [0.15, 0.2) is 0 Å². The molecule has 4 heterocycles. The molecule has 18 N–H and O–H groups in total. The zero-order chi connectivity index (χ0) is 79.1. The summed E-state index contributed by atoms with van der Waals surface area (Å²) in [7, 11) is 0. The van der Waals surface area contributed by atoms with E-state index in [0.29, 0.717) is 64.6 Å². The number of carboxylic acids is 2. The first kappa shape index (κ1) is 85.6. The Morgan fingerprint density at radius 3 is 1.92 bits per heavy atom. The summed E-state index contributed by atoms with van der Waals surface area (Å²) < 4.78 is 6.30. The van der Waals surface area contributed by atoms with Gasteiger partial charge in [-0.05, 0) is 129 Å². The van der Waals surface area contributed by atoms with Crippen LogP contribution < -0.4 is 85.0 Å². The van der Waals surface area contributed by atoms with Gasteiger partial charge in [0, 0.05) is 77.9 Å². The number of aromatic nitrogens is 1. The number of phenolic OH excluding ortho intramolecular Hbond substituents is 1. The van der Waals surface area contributed by atoms with Gasteiger partial charge in [0.1, 0.15) is 84.7 Å². The first-order valence-corrected chi connectivity index (χ1v) is 38.7. The van der Waals surface area contributed by atoms with E-state index in [1.54, 1.807) is 42.6 Å². The zero-order valence-electron chi connectivity index (χ0n) is 61.2. The molecule has 3 aromatic carbocycles. The number of nitrogens with zero attached hydrogens (tertiary/aromatic N) is 2. The number of hydrogen-bond donors (Lipinski definition) is 15. The number of phenols is 1. The van der Waals surface area contributed by atoms with Crippen molar-refractivity contribution in [1.82, 2.24) is 57.7 Å². The molecule has 0 spiro atoms. The molecule has 1 aromatic heterocycles. The van der Waals surface area contributed by atoms with E-state index in [2.05, 4.69) is 63.0 Å². The Hall–Kier alpha value is -10.7. The van der Waals surface area contributed by atoms with E-state index in [1.807, 2.05) is 13.0 Å². The standard InChI is InChI=1S/C73H100N16O18S2/c1-4-5-15-51-65(98)84-55(34-61(94)95)69(102)88-62(41(2)3)71(104)85-54(33-45-35-78-49-16-9-8-14-48(45)49)68(101)83-53(32-42-19-21-46(90)22-20-42)67(100)81-52(23-24-60(92)93)66(99)86-56(63(74)96)39-108-37-43-29-44-31-47(30-43)106-27-10-6-7-11-28-107-79-36-59(91)80-50(17-12-25-77-73(75)76)64(97)87-57(40-109-38-44)72(105)89-26-13-18-58(89)70(103)82-51/h8-9,14,16,19-22,29-31,35-36,41,50-58,62,78,90H,4-7,10-13,15,17-18,23-28,32-34,37-40H2,1-3H3,(H2,74,96)(H,80,91)(H,81,100)(H,82,103)(H,83,101)(H,84,98)(H,85,104)(H,86,99)(H,87,97)(H,88,102)(H,92,93)(H,94,95)(H4,75,76,77)/p-1/b79-36+/t50-,51-,52-,53-,54-,55-,56-,57-,58-,62-/m0/s1. The molecule has 592 valence electrons. The number of thioether (sulfide) groups is 2. The van der Waals surface area contributed by atoms with Crippen LogP contribution in [0.15, 0.2) is 78.1 Å². The molecule has 1 saturated heterocycles. The van der Waals surface area contributed by atoms with Crippen LogP contribution in [0.3, 0.4) is 0 Å². The number of hydrogen-bond acceptors (Lipinski definition) is 21. The average molecular weight is 1550 g/mol. The van der Waals surface area contributed by atoms with Crippen molar-refractivity contribution in [3.63, 3.8) is 0 Å². The Morgan fingerprint density at radius 1 is 0.642 bits per heavy atom. The van der Waals surface area contributed by atoms with Crippen molar-refractivity contribution in [2.75, 3.05) is 37.8 Å². The van der Waals surface area contributed by atoms with E-state index in [0.717, 1.165) is 19.1 Å². The highest BCUT2D eigenvalue weighted by atomic mass is 32.2. The molecule has 109 heavy (non-hydrogen) atoms. The molecule has 0 aliphatic carbocycles. The quantitative estimate of drug-likeness (QED) is 0.0259. The molecule has 4 aromatic rings. The smallest absolute Gasteiger partial charge is 0.338 e. The van der Waals surface area contributed by atoms with Gasteiger partial charge >= 0.3 is 5.96 Å². The lowest BCUT2D eigenvalue weighted by atomic mass is 9.99. The van der Waals surface area contributed by atoms with Crippen LogP contribution in [0.25, 0.3) is 10.9 Å². The number of benzene rings is 3. The highest BCUT2D eigenvalue weighted by molar-refractivity contribution is 7.98. The molecule has 0 unspecified atom stereocenters. The number of unbranched alkanes of at least 4 members (excludes halogenated alkanes) is 1. The summed E-state index contributed by atoms with van der Waals surface area (Å²) in [4.78, 5) is 197. The minimum atomic E-state index is -1.96. The number of aliphatic carboxylic acids is 2. The molecule has 36 heteroatoms. The van der Waals surface area contributed by atoms with Gasteiger partial charge in [-0.25, -0.2) is 0 Å². The first-order chi connectivity index (χ1) is 52.2. The SMILES string of the molecule is CCCC[C@@H]1NC(=O)[C@@H]2CCCN2C(=O)[C@@H]2CSCc3cc(cc(c3)OCCCCCCO/N=C/C(=O)N[C@@H](CCC[NH+]=C(N)N)C(=O)N2)CSC[C@@H](C(N)=O)NC(=O)[C@H](CCC(=O)[O-])NC(=O)[C@H](Cc2ccc(O)cc2)NC(=O)[C@H](Cc2c[nH]c3ccccc23)NC(=O)[C@H](C(C)C)NC(=O)[C@H](CC(=O)[O-])NC1=O. The van der Waals surface area contributed by atoms with Crippen LogP contribution >= 0.6 is 23.5 Å². The molecule has 4 bridgehead atoms. The number of aromatic amines is 1. The maximum absolute atomic E-state index is 15.3. The Labute approximate surface area is 638 Å². The van der Waals surface area contributed by atoms with Gasteiger partial charge in [0.25, 0.3) is 5.91 Å². The number of oxime groups is 1. The maximum Gasteiger partial charge on any atom is 0.338 e. The van der Waals surface area contributed by atoms with Crippen molar-refractivity contribution in [3.05, 3.63) is 95.2 Å². The van der Waals surface area contributed by atoms with E-state index in [9.17, 15) is 68.1 Å². The Kier molecular flexibility index (Phi) is 34.1. The Balaban J connectivity index is 1.30. The third-order valence-corrected chi connectivity index (χ3v) is 20.5. The van der Waals surface area contributed by atoms with E-state index < -0.39 is 163 Å². The number of primary amides is 1. The first-order valence-electron chi connectivity index (χ1n) is 36.4. The molecule has 10 atom stereocenters. The molecule has 7 rings (SSSR count). The highest BCUT2D eigenvalue weighted by Crippen LogP contribution is 2.28. The number of guanidine groups is 1. The van der Waals surface area contributed by atoms with Crippen LogP contribution in [0, 0.1) is 5.92 Å². The van der Waals surface area contributed by atoms with E-state index in [1.165, 1.54) is 66.5 Å². The van der Waals surface area contributed by atoms with Crippen LogP contribution in [-0.2, 0) is 91.5 Å². The van der Waals surface area contributed by atoms with Crippen molar-refractivity contribution in [2.45, 2.75) is 195 Å². The molecule has 0 saturated carbocycles. The summed E-state index contributed by atoms with van der Waals surface area (Å²) in [5.41, 5.74) is 20.0. The van der Waals surface area contributed by atoms with Gasteiger partial charge in [0.2, 0.25) is 59.1 Å². The second-order valence-corrected chi connectivity index (χ2v) is 29.3. The van der Waals surface area contributed by atoms with Gasteiger partial charge in [-0.2, -0.15) is 23.5 Å². The second-order valence-electron chi connectivity index (χ2n) is 27.2. The van der Waals surface area contributed by atoms with Crippen molar-refractivity contribution < 1.29 is 92.2 Å². The lowest BCUT2D eigenvalue weighted by Gasteiger charge is -2.31. The Bertz CT molecular complexity index is 3910. The number of nitrogens with two attached hydrogens (primary N) is 3. The molecule has 34 nitrogen and oxygen atoms in total. The number of fused-ring (bicyclic) bond motifs is 7. The summed E-state index contributed by atoms with van der Waals surface area (Å²) in [6, 6.07) is 2.58. The van der Waals surface area contributed by atoms with Crippen LogP contribution in [0.1, 0.15) is 133 Å². The van der Waals surface area contributed by atoms with Crippen LogP contribution in [-0.4, -0.2) is 202 Å². The Morgan fingerprint density at radius 2 is 1.24 bits per heavy atom. The summed E-state index contributed by atoms with van der Waals surface area (Å²) in [6.45, 7) is 5.50. The van der Waals surface area contributed by atoms with Gasteiger partial charge in [-0.3, -0.25) is 69.2 Å². The van der Waals surface area contributed by atoms with Crippen molar-refractivity contribution in [3.8, 4) is 11.5 Å². The van der Waals surface area contributed by atoms with Crippen molar-refractivity contribution in [1.29, 1.82) is 0 Å². The average Bonchev–Trinajstić information content (AvgIpc) is 1.82. The molecular formula is C73H99N16O18S2-. The number of amides is 11. The van der Waals surface area contributed by atoms with Crippen LogP contribution in [0.4, 0.5) is 0 Å². The minimum Gasteiger partial charge on any atom is -0.550 e. The number of aromatic hydroxyl groups is 1. The zero-order valence-corrected chi connectivity index (χ0v) is 62.8. The lowest BCUT2D eigenvalue weighted by Crippen LogP contribution is -2.78. The fraction of sp³-hybridized carbons (Fsp3) is 0.521. The summed E-state index contributed by atoms with van der Waals surface area (Å²) in [5.74, 6) is -14.4. The fourth-order valence-electron chi connectivity index (χ4n) is 12.5. The largest absolute Gasteiger partial charge is 0.550 e. The predicted molar refractivity (Wildman–Crippen MR) is 399 cm³/mol. The van der Waals surface area contributed by atoms with Crippen molar-refractivity contribution in [2.24, 2.45) is 28.3 Å². The van der Waals surface area contributed by atoms with Crippen molar-refractivity contribution >= 4 is 124 Å². The van der Waals surface area contributed by atoms with E-state index in [4.69, 9.17) is 26.8 Å². The number of nitrogens with one attached hydrogen (secondary N) is 11. The normalized spacial score (nSPS) is 23.9.